The van der Waals surface area contributed by atoms with Gasteiger partial charge in [0.25, 0.3) is 0 Å². The molecule has 2 amide bonds. The number of alkyl halides is 3. The predicted octanol–water partition coefficient (Wildman–Crippen LogP) is 5.49. The largest absolute Gasteiger partial charge is 0.418 e. The molecule has 0 radical (unpaired) electrons. The van der Waals surface area contributed by atoms with E-state index in [1.165, 1.54) is 40.9 Å². The van der Waals surface area contributed by atoms with E-state index < -0.39 is 17.8 Å². The number of carbonyl (C=O) groups excluding carboxylic acids is 1. The summed E-state index contributed by atoms with van der Waals surface area (Å²) in [5, 5.41) is 5.93. The van der Waals surface area contributed by atoms with Crippen molar-refractivity contribution in [3.63, 3.8) is 0 Å². The van der Waals surface area contributed by atoms with Crippen molar-refractivity contribution < 1.29 is 18.0 Å². The maximum atomic E-state index is 13.1. The predicted molar refractivity (Wildman–Crippen MR) is 127 cm³/mol. The number of para-hydroxylation sites is 1. The van der Waals surface area contributed by atoms with Crippen LogP contribution in [0.15, 0.2) is 48.5 Å². The first-order valence-electron chi connectivity index (χ1n) is 11.1. The molecule has 0 atom stereocenters. The average Bonchev–Trinajstić information content (AvgIpc) is 3.28. The van der Waals surface area contributed by atoms with Crippen LogP contribution in [0.25, 0.3) is 0 Å². The van der Waals surface area contributed by atoms with Gasteiger partial charge in [0, 0.05) is 37.6 Å². The molecule has 1 saturated heterocycles. The van der Waals surface area contributed by atoms with Gasteiger partial charge in [-0.1, -0.05) is 42.0 Å². The van der Waals surface area contributed by atoms with Gasteiger partial charge in [0.1, 0.15) is 5.82 Å². The van der Waals surface area contributed by atoms with E-state index in [2.05, 4.69) is 56.1 Å². The fourth-order valence-electron chi connectivity index (χ4n) is 3.90. The quantitative estimate of drug-likeness (QED) is 0.480. The van der Waals surface area contributed by atoms with Crippen molar-refractivity contribution >= 4 is 28.4 Å². The van der Waals surface area contributed by atoms with Crippen LogP contribution in [-0.4, -0.2) is 35.0 Å². The lowest BCUT2D eigenvalue weighted by Crippen LogP contribution is -2.40. The second-order valence-corrected chi connectivity index (χ2v) is 9.19. The molecule has 0 aliphatic carbocycles. The maximum Gasteiger partial charge on any atom is 0.418 e. The molecule has 0 bridgehead atoms. The number of rotatable bonds is 6. The van der Waals surface area contributed by atoms with Gasteiger partial charge in [0.05, 0.1) is 11.3 Å². The van der Waals surface area contributed by atoms with E-state index in [9.17, 15) is 18.0 Å². The number of urea groups is 1. The highest BCUT2D eigenvalue weighted by atomic mass is 32.1. The number of piperidine rings is 1. The molecule has 0 spiro atoms. The Hall–Kier alpha value is -3.14. The zero-order valence-electron chi connectivity index (χ0n) is 18.7. The number of carbonyl (C=O) groups is 1. The zero-order valence-corrected chi connectivity index (χ0v) is 19.5. The molecular formula is C24H26F3N5OS. The van der Waals surface area contributed by atoms with Crippen LogP contribution in [0.3, 0.4) is 0 Å². The van der Waals surface area contributed by atoms with Gasteiger partial charge in [0.2, 0.25) is 5.13 Å². The molecule has 10 heteroatoms. The summed E-state index contributed by atoms with van der Waals surface area (Å²) >= 11 is 1.40. The SMILES string of the molecule is Cc1ccc(Cc2nsc(N3CCC(CNC(=O)Nc4ccccc4C(F)(F)F)CC3)n2)cc1. The third-order valence-corrected chi connectivity index (χ3v) is 6.67. The number of hydrogen-bond donors (Lipinski definition) is 2. The molecule has 4 rings (SSSR count). The second kappa shape index (κ2) is 10.4. The van der Waals surface area contributed by atoms with Gasteiger partial charge in [-0.3, -0.25) is 0 Å². The number of aromatic nitrogens is 2. The molecule has 1 aliphatic heterocycles. The lowest BCUT2D eigenvalue weighted by Gasteiger charge is -2.31. The lowest BCUT2D eigenvalue weighted by atomic mass is 9.97. The summed E-state index contributed by atoms with van der Waals surface area (Å²) in [4.78, 5) is 19.1. The van der Waals surface area contributed by atoms with Crippen molar-refractivity contribution in [1.82, 2.24) is 14.7 Å². The molecule has 3 aromatic rings. The van der Waals surface area contributed by atoms with Crippen LogP contribution >= 0.6 is 11.5 Å². The smallest absolute Gasteiger partial charge is 0.347 e. The number of nitrogens with one attached hydrogen (secondary N) is 2. The molecule has 2 N–H and O–H groups in total. The summed E-state index contributed by atoms with van der Waals surface area (Å²) < 4.78 is 43.8. The first-order valence-corrected chi connectivity index (χ1v) is 11.9. The van der Waals surface area contributed by atoms with Crippen molar-refractivity contribution in [3.8, 4) is 0 Å². The van der Waals surface area contributed by atoms with Crippen LogP contribution in [-0.2, 0) is 12.6 Å². The Morgan fingerprint density at radius 2 is 1.82 bits per heavy atom. The van der Waals surface area contributed by atoms with Crippen molar-refractivity contribution in [3.05, 3.63) is 71.0 Å². The highest BCUT2D eigenvalue weighted by Gasteiger charge is 2.33. The minimum absolute atomic E-state index is 0.250. The number of aryl methyl sites for hydroxylation is 1. The van der Waals surface area contributed by atoms with E-state index in [-0.39, 0.29) is 11.6 Å². The Labute approximate surface area is 200 Å². The van der Waals surface area contributed by atoms with E-state index in [0.717, 1.165) is 43.0 Å². The van der Waals surface area contributed by atoms with Gasteiger partial charge in [-0.05, 0) is 43.4 Å². The summed E-state index contributed by atoms with van der Waals surface area (Å²) in [7, 11) is 0. The van der Waals surface area contributed by atoms with E-state index >= 15 is 0 Å². The number of nitrogens with zero attached hydrogens (tertiary/aromatic N) is 3. The number of anilines is 2. The topological polar surface area (TPSA) is 70.2 Å². The minimum atomic E-state index is -4.53. The van der Waals surface area contributed by atoms with Gasteiger partial charge in [0.15, 0.2) is 0 Å². The molecule has 6 nitrogen and oxygen atoms in total. The number of benzene rings is 2. The first kappa shape index (κ1) is 24.0. The lowest BCUT2D eigenvalue weighted by molar-refractivity contribution is -0.136. The van der Waals surface area contributed by atoms with Crippen molar-refractivity contribution in [1.29, 1.82) is 0 Å². The molecular weight excluding hydrogens is 463 g/mol. The molecule has 1 fully saturated rings. The van der Waals surface area contributed by atoms with Gasteiger partial charge in [-0.25, -0.2) is 9.78 Å². The van der Waals surface area contributed by atoms with Crippen LogP contribution in [0.2, 0.25) is 0 Å². The second-order valence-electron chi connectivity index (χ2n) is 8.46. The van der Waals surface area contributed by atoms with E-state index in [4.69, 9.17) is 0 Å². The van der Waals surface area contributed by atoms with Crippen LogP contribution < -0.4 is 15.5 Å². The van der Waals surface area contributed by atoms with Crippen molar-refractivity contribution in [2.24, 2.45) is 5.92 Å². The fourth-order valence-corrected chi connectivity index (χ4v) is 4.64. The summed E-state index contributed by atoms with van der Waals surface area (Å²) in [6.45, 7) is 4.05. The third kappa shape index (κ3) is 6.25. The standard InChI is InChI=1S/C24H26F3N5OS/c1-16-6-8-17(9-7-16)14-21-30-23(34-31-21)32-12-10-18(11-13-32)15-28-22(33)29-20-5-3-2-4-19(20)24(25,26)27/h2-9,18H,10-15H2,1H3,(H2,28,29,33). The Bertz CT molecular complexity index is 1110. The highest BCUT2D eigenvalue weighted by Crippen LogP contribution is 2.34. The van der Waals surface area contributed by atoms with Crippen LogP contribution in [0.5, 0.6) is 0 Å². The highest BCUT2D eigenvalue weighted by molar-refractivity contribution is 7.09. The van der Waals surface area contributed by atoms with E-state index in [1.54, 1.807) is 0 Å². The van der Waals surface area contributed by atoms with Crippen LogP contribution in [0, 0.1) is 12.8 Å². The van der Waals surface area contributed by atoms with Crippen molar-refractivity contribution in [2.75, 3.05) is 29.9 Å². The van der Waals surface area contributed by atoms with Crippen molar-refractivity contribution in [2.45, 2.75) is 32.4 Å². The Morgan fingerprint density at radius 1 is 1.12 bits per heavy atom. The van der Waals surface area contributed by atoms with Gasteiger partial charge < -0.3 is 15.5 Å². The summed E-state index contributed by atoms with van der Waals surface area (Å²) in [5.41, 5.74) is 1.28. The zero-order chi connectivity index (χ0) is 24.1. The molecule has 2 heterocycles. The first-order chi connectivity index (χ1) is 16.3. The number of amides is 2. The van der Waals surface area contributed by atoms with Gasteiger partial charge >= 0.3 is 12.2 Å². The maximum absolute atomic E-state index is 13.1. The molecule has 0 unspecified atom stereocenters. The summed E-state index contributed by atoms with van der Waals surface area (Å²) in [6, 6.07) is 12.7. The van der Waals surface area contributed by atoms with E-state index in [1.807, 2.05) is 0 Å². The molecule has 2 aromatic carbocycles. The van der Waals surface area contributed by atoms with Gasteiger partial charge in [-0.15, -0.1) is 0 Å². The molecule has 0 saturated carbocycles. The Balaban J connectivity index is 1.23. The number of hydrogen-bond acceptors (Lipinski definition) is 5. The number of halogens is 3. The fraction of sp³-hybridized carbons (Fsp3) is 0.375. The van der Waals surface area contributed by atoms with Crippen LogP contribution in [0.1, 0.15) is 35.4 Å². The molecule has 1 aliphatic rings. The van der Waals surface area contributed by atoms with Crippen LogP contribution in [0.4, 0.5) is 28.8 Å². The molecule has 34 heavy (non-hydrogen) atoms. The summed E-state index contributed by atoms with van der Waals surface area (Å²) in [5.74, 6) is 1.06. The minimum Gasteiger partial charge on any atom is -0.347 e. The monoisotopic (exact) mass is 489 g/mol. The third-order valence-electron chi connectivity index (χ3n) is 5.86. The Morgan fingerprint density at radius 3 is 2.53 bits per heavy atom. The normalized spacial score (nSPS) is 14.8. The average molecular weight is 490 g/mol. The summed E-state index contributed by atoms with van der Waals surface area (Å²) in [6.07, 6.45) is -2.12. The van der Waals surface area contributed by atoms with E-state index in [0.29, 0.717) is 13.0 Å². The Kier molecular flexibility index (Phi) is 7.35. The molecule has 180 valence electrons. The molecule has 1 aromatic heterocycles. The van der Waals surface area contributed by atoms with Gasteiger partial charge in [-0.2, -0.15) is 17.5 Å².